The SMILES string of the molecule is CNC1CCN(c2n[nH]c(-c3cncc(Br)c3)n2)CC1. The number of nitrogens with one attached hydrogen (secondary N) is 2. The molecule has 0 aliphatic carbocycles. The van der Waals surface area contributed by atoms with E-state index in [0.717, 1.165) is 47.7 Å². The summed E-state index contributed by atoms with van der Waals surface area (Å²) in [6.45, 7) is 1.97. The summed E-state index contributed by atoms with van der Waals surface area (Å²) in [4.78, 5) is 10.9. The van der Waals surface area contributed by atoms with Gasteiger partial charge in [0.05, 0.1) is 0 Å². The van der Waals surface area contributed by atoms with Crippen LogP contribution in [-0.4, -0.2) is 46.3 Å². The Labute approximate surface area is 126 Å². The van der Waals surface area contributed by atoms with Gasteiger partial charge >= 0.3 is 0 Å². The molecule has 0 spiro atoms. The third kappa shape index (κ3) is 2.83. The van der Waals surface area contributed by atoms with Crippen molar-refractivity contribution in [3.8, 4) is 11.4 Å². The average Bonchev–Trinajstić information content (AvgIpc) is 2.97. The third-order valence-corrected chi connectivity index (χ3v) is 4.07. The molecule has 1 fully saturated rings. The topological polar surface area (TPSA) is 69.7 Å². The number of aromatic nitrogens is 4. The molecule has 0 radical (unpaired) electrons. The molecule has 3 rings (SSSR count). The fraction of sp³-hybridized carbons (Fsp3) is 0.462. The smallest absolute Gasteiger partial charge is 0.245 e. The van der Waals surface area contributed by atoms with E-state index in [1.807, 2.05) is 13.1 Å². The molecule has 7 heteroatoms. The van der Waals surface area contributed by atoms with Crippen molar-refractivity contribution in [3.63, 3.8) is 0 Å². The molecule has 0 unspecified atom stereocenters. The molecule has 2 N–H and O–H groups in total. The van der Waals surface area contributed by atoms with Crippen LogP contribution < -0.4 is 10.2 Å². The van der Waals surface area contributed by atoms with E-state index in [1.54, 1.807) is 12.4 Å². The van der Waals surface area contributed by atoms with Crippen LogP contribution >= 0.6 is 15.9 Å². The van der Waals surface area contributed by atoms with E-state index in [9.17, 15) is 0 Å². The fourth-order valence-corrected chi connectivity index (χ4v) is 2.80. The lowest BCUT2D eigenvalue weighted by atomic mass is 10.1. The Morgan fingerprint density at radius 1 is 1.35 bits per heavy atom. The highest BCUT2D eigenvalue weighted by Crippen LogP contribution is 2.21. The van der Waals surface area contributed by atoms with E-state index in [-0.39, 0.29) is 0 Å². The number of hydrogen-bond donors (Lipinski definition) is 2. The lowest BCUT2D eigenvalue weighted by molar-refractivity contribution is 0.439. The standard InChI is InChI=1S/C13H17BrN6/c1-15-11-2-4-20(5-3-11)13-17-12(18-19-13)9-6-10(14)8-16-7-9/h6-8,11,15H,2-5H2,1H3,(H,17,18,19). The number of rotatable bonds is 3. The lowest BCUT2D eigenvalue weighted by Crippen LogP contribution is -2.41. The maximum absolute atomic E-state index is 4.57. The van der Waals surface area contributed by atoms with Crippen LogP contribution in [0.15, 0.2) is 22.9 Å². The minimum absolute atomic E-state index is 0.610. The molecule has 2 aromatic heterocycles. The van der Waals surface area contributed by atoms with Crippen molar-refractivity contribution in [3.05, 3.63) is 22.9 Å². The number of hydrogen-bond acceptors (Lipinski definition) is 5. The third-order valence-electron chi connectivity index (χ3n) is 3.64. The zero-order chi connectivity index (χ0) is 13.9. The predicted molar refractivity (Wildman–Crippen MR) is 81.6 cm³/mol. The van der Waals surface area contributed by atoms with Crippen LogP contribution in [0.5, 0.6) is 0 Å². The Morgan fingerprint density at radius 3 is 2.85 bits per heavy atom. The molecule has 0 aromatic carbocycles. The van der Waals surface area contributed by atoms with E-state index < -0.39 is 0 Å². The number of piperidine rings is 1. The van der Waals surface area contributed by atoms with Gasteiger partial charge < -0.3 is 10.2 Å². The number of H-pyrrole nitrogens is 1. The van der Waals surface area contributed by atoms with Gasteiger partial charge in [-0.1, -0.05) is 0 Å². The van der Waals surface area contributed by atoms with Crippen LogP contribution in [0.1, 0.15) is 12.8 Å². The summed E-state index contributed by atoms with van der Waals surface area (Å²) >= 11 is 3.42. The highest BCUT2D eigenvalue weighted by molar-refractivity contribution is 9.10. The molecular formula is C13H17BrN6. The van der Waals surface area contributed by atoms with Crippen LogP contribution in [0, 0.1) is 0 Å². The van der Waals surface area contributed by atoms with E-state index >= 15 is 0 Å². The Hall–Kier alpha value is -1.47. The quantitative estimate of drug-likeness (QED) is 0.894. The van der Waals surface area contributed by atoms with Crippen molar-refractivity contribution in [1.82, 2.24) is 25.5 Å². The Balaban J connectivity index is 1.74. The molecule has 1 aliphatic heterocycles. The second-order valence-corrected chi connectivity index (χ2v) is 5.84. The molecular weight excluding hydrogens is 320 g/mol. The number of anilines is 1. The van der Waals surface area contributed by atoms with E-state index in [1.165, 1.54) is 0 Å². The highest BCUT2D eigenvalue weighted by atomic mass is 79.9. The van der Waals surface area contributed by atoms with E-state index in [4.69, 9.17) is 0 Å². The summed E-state index contributed by atoms with van der Waals surface area (Å²) in [6, 6.07) is 2.59. The van der Waals surface area contributed by atoms with E-state index in [0.29, 0.717) is 6.04 Å². The summed E-state index contributed by atoms with van der Waals surface area (Å²) < 4.78 is 0.933. The van der Waals surface area contributed by atoms with Gasteiger partial charge in [0.25, 0.3) is 0 Å². The molecule has 2 aromatic rings. The number of pyridine rings is 1. The van der Waals surface area contributed by atoms with Gasteiger partial charge in [0.1, 0.15) is 0 Å². The van der Waals surface area contributed by atoms with Gasteiger partial charge in [-0.05, 0) is 41.9 Å². The highest BCUT2D eigenvalue weighted by Gasteiger charge is 2.20. The van der Waals surface area contributed by atoms with Crippen LogP contribution in [0.25, 0.3) is 11.4 Å². The van der Waals surface area contributed by atoms with Gasteiger partial charge in [-0.15, -0.1) is 5.10 Å². The van der Waals surface area contributed by atoms with Crippen molar-refractivity contribution in [2.45, 2.75) is 18.9 Å². The van der Waals surface area contributed by atoms with Crippen molar-refractivity contribution in [1.29, 1.82) is 0 Å². The first kappa shape index (κ1) is 13.5. The summed E-state index contributed by atoms with van der Waals surface area (Å²) in [7, 11) is 2.02. The molecule has 1 aliphatic rings. The molecule has 0 amide bonds. The maximum Gasteiger partial charge on any atom is 0.245 e. The zero-order valence-corrected chi connectivity index (χ0v) is 12.9. The fourth-order valence-electron chi connectivity index (χ4n) is 2.43. The first-order valence-electron chi connectivity index (χ1n) is 6.72. The number of halogens is 1. The van der Waals surface area contributed by atoms with Crippen LogP contribution in [0.4, 0.5) is 5.95 Å². The molecule has 0 bridgehead atoms. The van der Waals surface area contributed by atoms with Crippen molar-refractivity contribution < 1.29 is 0 Å². The minimum atomic E-state index is 0.610. The summed E-state index contributed by atoms with van der Waals surface area (Å²) in [6.07, 6.45) is 5.78. The molecule has 3 heterocycles. The zero-order valence-electron chi connectivity index (χ0n) is 11.3. The van der Waals surface area contributed by atoms with Gasteiger partial charge in [-0.2, -0.15) is 4.98 Å². The van der Waals surface area contributed by atoms with Crippen LogP contribution in [-0.2, 0) is 0 Å². The first-order chi connectivity index (χ1) is 9.76. The van der Waals surface area contributed by atoms with Crippen LogP contribution in [0.2, 0.25) is 0 Å². The second kappa shape index (κ2) is 5.88. The minimum Gasteiger partial charge on any atom is -0.339 e. The summed E-state index contributed by atoms with van der Waals surface area (Å²) in [5.41, 5.74) is 0.934. The Bertz CT molecular complexity index is 576. The largest absolute Gasteiger partial charge is 0.339 e. The molecule has 1 saturated heterocycles. The lowest BCUT2D eigenvalue weighted by Gasteiger charge is -2.30. The molecule has 106 valence electrons. The van der Waals surface area contributed by atoms with Gasteiger partial charge in [0.2, 0.25) is 5.95 Å². The first-order valence-corrected chi connectivity index (χ1v) is 7.51. The molecule has 0 saturated carbocycles. The van der Waals surface area contributed by atoms with Gasteiger partial charge in [-0.3, -0.25) is 10.1 Å². The average molecular weight is 337 g/mol. The Morgan fingerprint density at radius 2 is 2.15 bits per heavy atom. The molecule has 0 atom stereocenters. The summed E-state index contributed by atoms with van der Waals surface area (Å²) in [5, 5.41) is 10.6. The molecule has 20 heavy (non-hydrogen) atoms. The normalized spacial score (nSPS) is 16.6. The predicted octanol–water partition coefficient (Wildman–Crippen LogP) is 1.82. The molecule has 6 nitrogen and oxygen atoms in total. The van der Waals surface area contributed by atoms with Crippen LogP contribution in [0.3, 0.4) is 0 Å². The van der Waals surface area contributed by atoms with Crippen molar-refractivity contribution in [2.24, 2.45) is 0 Å². The van der Waals surface area contributed by atoms with E-state index in [2.05, 4.69) is 46.3 Å². The van der Waals surface area contributed by atoms with Crippen molar-refractivity contribution in [2.75, 3.05) is 25.0 Å². The van der Waals surface area contributed by atoms with Gasteiger partial charge in [-0.25, -0.2) is 0 Å². The Kier molecular flexibility index (Phi) is 3.98. The second-order valence-electron chi connectivity index (χ2n) is 4.93. The van der Waals surface area contributed by atoms with Gasteiger partial charge in [0.15, 0.2) is 5.82 Å². The summed E-state index contributed by atoms with van der Waals surface area (Å²) in [5.74, 6) is 1.53. The maximum atomic E-state index is 4.57. The van der Waals surface area contributed by atoms with Gasteiger partial charge in [0, 0.05) is 41.6 Å². The van der Waals surface area contributed by atoms with Crippen molar-refractivity contribution >= 4 is 21.9 Å². The number of aromatic amines is 1. The number of nitrogens with zero attached hydrogens (tertiary/aromatic N) is 4. The monoisotopic (exact) mass is 336 g/mol.